The summed E-state index contributed by atoms with van der Waals surface area (Å²) in [5.74, 6) is -0.238. The van der Waals surface area contributed by atoms with Crippen molar-refractivity contribution in [1.82, 2.24) is 9.97 Å². The third-order valence-corrected chi connectivity index (χ3v) is 7.07. The van der Waals surface area contributed by atoms with Crippen LogP contribution in [0.1, 0.15) is 26.3 Å². The van der Waals surface area contributed by atoms with Crippen LogP contribution in [0, 0.1) is 0 Å². The van der Waals surface area contributed by atoms with Crippen LogP contribution in [0.25, 0.3) is 44.3 Å². The highest BCUT2D eigenvalue weighted by atomic mass is 16.5. The first kappa shape index (κ1) is 23.7. The molecule has 0 saturated carbocycles. The van der Waals surface area contributed by atoms with Gasteiger partial charge in [-0.25, -0.2) is 14.8 Å². The first-order valence-corrected chi connectivity index (χ1v) is 13.0. The monoisotopic (exact) mass is 522 g/mol. The predicted molar refractivity (Wildman–Crippen MR) is 153 cm³/mol. The number of ketones is 1. The van der Waals surface area contributed by atoms with E-state index >= 15 is 0 Å². The average Bonchev–Trinajstić information content (AvgIpc) is 3.32. The summed E-state index contributed by atoms with van der Waals surface area (Å²) in [6, 6.07) is 34.0. The lowest BCUT2D eigenvalue weighted by atomic mass is 10.0. The molecule has 0 fully saturated rings. The summed E-state index contributed by atoms with van der Waals surface area (Å²) in [5.41, 5.74) is 6.83. The van der Waals surface area contributed by atoms with E-state index in [9.17, 15) is 9.59 Å². The van der Waals surface area contributed by atoms with Gasteiger partial charge < -0.3 is 9.47 Å². The predicted octanol–water partition coefficient (Wildman–Crippen LogP) is 7.05. The lowest BCUT2D eigenvalue weighted by Crippen LogP contribution is -2.14. The summed E-state index contributed by atoms with van der Waals surface area (Å²) in [6.45, 7) is 0.0710. The van der Waals surface area contributed by atoms with Crippen LogP contribution < -0.4 is 4.74 Å². The van der Waals surface area contributed by atoms with E-state index in [1.807, 2.05) is 48.5 Å². The second-order valence-electron chi connectivity index (χ2n) is 9.63. The Morgan fingerprint density at radius 3 is 2.05 bits per heavy atom. The molecule has 0 radical (unpaired) electrons. The maximum Gasteiger partial charge on any atom is 0.338 e. The van der Waals surface area contributed by atoms with E-state index in [-0.39, 0.29) is 12.4 Å². The maximum absolute atomic E-state index is 12.8. The molecule has 6 nitrogen and oxygen atoms in total. The van der Waals surface area contributed by atoms with Gasteiger partial charge in [-0.15, -0.1) is 0 Å². The Balaban J connectivity index is 1.04. The molecule has 0 amide bonds. The van der Waals surface area contributed by atoms with Crippen LogP contribution in [0.5, 0.6) is 5.75 Å². The van der Waals surface area contributed by atoms with Crippen LogP contribution in [0.15, 0.2) is 109 Å². The average molecular weight is 523 g/mol. The fourth-order valence-electron chi connectivity index (χ4n) is 5.07. The lowest BCUT2D eigenvalue weighted by Gasteiger charge is -2.08. The van der Waals surface area contributed by atoms with Gasteiger partial charge >= 0.3 is 5.97 Å². The first-order chi connectivity index (χ1) is 19.6. The number of aromatic nitrogens is 2. The van der Waals surface area contributed by atoms with Crippen molar-refractivity contribution in [3.63, 3.8) is 0 Å². The molecule has 40 heavy (non-hydrogen) atoms. The first-order valence-electron chi connectivity index (χ1n) is 13.0. The van der Waals surface area contributed by atoms with Crippen molar-refractivity contribution in [3.05, 3.63) is 126 Å². The fraction of sp³-hybridized carbons (Fsp3) is 0.0588. The Kier molecular flexibility index (Phi) is 5.78. The molecule has 0 saturated heterocycles. The minimum atomic E-state index is -0.592. The zero-order valence-corrected chi connectivity index (χ0v) is 21.3. The van der Waals surface area contributed by atoms with Crippen LogP contribution in [-0.4, -0.2) is 28.3 Å². The topological polar surface area (TPSA) is 78.4 Å². The van der Waals surface area contributed by atoms with Crippen molar-refractivity contribution in [2.75, 3.05) is 6.61 Å². The largest absolute Gasteiger partial charge is 0.489 e. The molecular formula is C34H22N2O4. The van der Waals surface area contributed by atoms with Gasteiger partial charge in [-0.2, -0.15) is 0 Å². The highest BCUT2D eigenvalue weighted by molar-refractivity contribution is 6.14. The number of carbonyl (C=O) groups is 2. The van der Waals surface area contributed by atoms with Crippen LogP contribution in [0.2, 0.25) is 0 Å². The molecule has 6 heteroatoms. The molecule has 0 spiro atoms. The molecule has 0 aliphatic heterocycles. The van der Waals surface area contributed by atoms with Gasteiger partial charge in [-0.3, -0.25) is 4.79 Å². The molecular weight excluding hydrogens is 500 g/mol. The molecule has 192 valence electrons. The molecule has 5 aromatic carbocycles. The molecule has 0 atom stereocenters. The molecule has 1 heterocycles. The lowest BCUT2D eigenvalue weighted by molar-refractivity contribution is 0.0475. The summed E-state index contributed by atoms with van der Waals surface area (Å²) in [7, 11) is 0. The third kappa shape index (κ3) is 4.25. The minimum absolute atomic E-state index is 0.299. The summed E-state index contributed by atoms with van der Waals surface area (Å²) in [5, 5.41) is 2.28. The molecule has 0 bridgehead atoms. The summed E-state index contributed by atoms with van der Waals surface area (Å²) in [4.78, 5) is 35.2. The van der Waals surface area contributed by atoms with Gasteiger partial charge in [0, 0.05) is 22.1 Å². The van der Waals surface area contributed by atoms with Crippen molar-refractivity contribution < 1.29 is 19.1 Å². The van der Waals surface area contributed by atoms with Crippen LogP contribution in [0.3, 0.4) is 0 Å². The van der Waals surface area contributed by atoms with Gasteiger partial charge in [0.25, 0.3) is 0 Å². The van der Waals surface area contributed by atoms with Crippen molar-refractivity contribution in [2.24, 2.45) is 0 Å². The van der Waals surface area contributed by atoms with E-state index in [0.29, 0.717) is 34.5 Å². The molecule has 7 rings (SSSR count). The van der Waals surface area contributed by atoms with Crippen molar-refractivity contribution >= 4 is 33.6 Å². The van der Waals surface area contributed by atoms with Gasteiger partial charge in [0.15, 0.2) is 12.4 Å². The number of Topliss-reactive ketones (excluding diaryl/α,β-unsaturated/α-hetero) is 1. The van der Waals surface area contributed by atoms with E-state index in [4.69, 9.17) is 19.4 Å². The Morgan fingerprint density at radius 2 is 1.32 bits per heavy atom. The second-order valence-corrected chi connectivity index (χ2v) is 9.63. The molecule has 0 unspecified atom stereocenters. The Hall–Kier alpha value is -5.36. The van der Waals surface area contributed by atoms with E-state index < -0.39 is 5.97 Å². The normalized spacial score (nSPS) is 11.4. The molecule has 6 aromatic rings. The summed E-state index contributed by atoms with van der Waals surface area (Å²) < 4.78 is 11.1. The maximum atomic E-state index is 12.8. The molecule has 1 aliphatic rings. The Morgan fingerprint density at radius 1 is 0.650 bits per heavy atom. The zero-order valence-electron chi connectivity index (χ0n) is 21.3. The number of fused-ring (bicyclic) bond motifs is 4. The van der Waals surface area contributed by atoms with E-state index in [1.54, 1.807) is 42.5 Å². The number of carbonyl (C=O) groups excluding carboxylic acids is 2. The number of hydrogen-bond donors (Lipinski definition) is 0. The SMILES string of the molecule is O=C(COC(=O)c1ccc2nc3c(nc2c1)-c1cccc2cccc-3c12)c1ccc(OCc2ccccc2)cc1. The minimum Gasteiger partial charge on any atom is -0.489 e. The number of hydrogen-bond acceptors (Lipinski definition) is 6. The van der Waals surface area contributed by atoms with E-state index in [1.165, 1.54) is 0 Å². The zero-order chi connectivity index (χ0) is 27.1. The van der Waals surface area contributed by atoms with Crippen molar-refractivity contribution in [3.8, 4) is 28.3 Å². The van der Waals surface area contributed by atoms with Gasteiger partial charge in [0.1, 0.15) is 12.4 Å². The Bertz CT molecular complexity index is 1930. The second kappa shape index (κ2) is 9.75. The standard InChI is InChI=1S/C34H22N2O4/c37-30(22-12-15-25(16-13-22)39-19-21-6-2-1-3-7-21)20-40-34(38)24-14-17-28-29(18-24)36-33-27-11-5-9-23-8-4-10-26(31(23)27)32(33)35-28/h1-18H,19-20H2. The summed E-state index contributed by atoms with van der Waals surface area (Å²) >= 11 is 0. The third-order valence-electron chi connectivity index (χ3n) is 7.07. The smallest absolute Gasteiger partial charge is 0.338 e. The Labute approximate surface area is 229 Å². The highest BCUT2D eigenvalue weighted by Crippen LogP contribution is 2.45. The number of ether oxygens (including phenoxy) is 2. The van der Waals surface area contributed by atoms with Crippen LogP contribution in [0.4, 0.5) is 0 Å². The quantitative estimate of drug-likeness (QED) is 0.165. The van der Waals surface area contributed by atoms with Crippen LogP contribution >= 0.6 is 0 Å². The van der Waals surface area contributed by atoms with E-state index in [2.05, 4.69) is 18.2 Å². The van der Waals surface area contributed by atoms with Crippen molar-refractivity contribution in [1.29, 1.82) is 0 Å². The van der Waals surface area contributed by atoms with E-state index in [0.717, 1.165) is 38.9 Å². The number of benzene rings is 5. The highest BCUT2D eigenvalue weighted by Gasteiger charge is 2.24. The number of nitrogens with zero attached hydrogens (tertiary/aromatic N) is 2. The van der Waals surface area contributed by atoms with Gasteiger partial charge in [-0.1, -0.05) is 66.7 Å². The molecule has 1 aliphatic carbocycles. The summed E-state index contributed by atoms with van der Waals surface area (Å²) in [6.07, 6.45) is 0. The van der Waals surface area contributed by atoms with Crippen molar-refractivity contribution in [2.45, 2.75) is 6.61 Å². The molecule has 1 aromatic heterocycles. The van der Waals surface area contributed by atoms with Crippen LogP contribution in [-0.2, 0) is 11.3 Å². The number of esters is 1. The number of rotatable bonds is 7. The van der Waals surface area contributed by atoms with Gasteiger partial charge in [0.2, 0.25) is 0 Å². The van der Waals surface area contributed by atoms with Gasteiger partial charge in [-0.05, 0) is 53.4 Å². The van der Waals surface area contributed by atoms with Gasteiger partial charge in [0.05, 0.1) is 28.0 Å². The molecule has 0 N–H and O–H groups in total. The fourth-order valence-corrected chi connectivity index (χ4v) is 5.07.